The Morgan fingerprint density at radius 3 is 2.29 bits per heavy atom. The molecule has 5 nitrogen and oxygen atoms in total. The lowest BCUT2D eigenvalue weighted by Crippen LogP contribution is -2.28. The number of rotatable bonds is 14. The van der Waals surface area contributed by atoms with E-state index in [1.807, 2.05) is 31.2 Å². The highest BCUT2D eigenvalue weighted by Crippen LogP contribution is 2.16. The molecule has 0 aliphatic heterocycles. The van der Waals surface area contributed by atoms with Gasteiger partial charge in [0.1, 0.15) is 14.2 Å². The standard InChI is InChI=1S/C18H30O4Si.C9H17BrO/c1-20-16(12-9-7-8-10-15-23(4,5)6)17(21-2)13-11-14-18(19)22-3;1-3-4-5-6-9(2,11)7-8-10/h7-9,12,16-17H,11,13-14H2,1-6H3;7-8,11H,3-6H2,1-2H3/b8-7+,12-9+;8-7+/t16-,17+;9-/m11/s1. The van der Waals surface area contributed by atoms with Crippen LogP contribution in [-0.2, 0) is 19.0 Å². The normalized spacial score (nSPS) is 15.4. The lowest BCUT2D eigenvalue weighted by atomic mass is 9.99. The number of unbranched alkanes of at least 4 members (excludes halogenated alkanes) is 2. The third-order valence-corrected chi connectivity index (χ3v) is 5.94. The van der Waals surface area contributed by atoms with Crippen LogP contribution < -0.4 is 0 Å². The van der Waals surface area contributed by atoms with E-state index in [9.17, 15) is 9.90 Å². The molecule has 0 rings (SSSR count). The molecule has 0 heterocycles. The number of hydrogen-bond donors (Lipinski definition) is 1. The van der Waals surface area contributed by atoms with Crippen LogP contribution in [0.4, 0.5) is 0 Å². The summed E-state index contributed by atoms with van der Waals surface area (Å²) in [5.41, 5.74) is 2.64. The van der Waals surface area contributed by atoms with E-state index in [1.165, 1.54) is 20.0 Å². The van der Waals surface area contributed by atoms with Gasteiger partial charge in [0.15, 0.2) is 0 Å². The fourth-order valence-corrected chi connectivity index (χ4v) is 3.89. The van der Waals surface area contributed by atoms with Gasteiger partial charge < -0.3 is 19.3 Å². The maximum absolute atomic E-state index is 11.1. The Bertz CT molecular complexity index is 669. The monoisotopic (exact) mass is 558 g/mol. The van der Waals surface area contributed by atoms with Crippen molar-refractivity contribution in [3.8, 4) is 11.5 Å². The molecule has 0 saturated heterocycles. The molecule has 0 bridgehead atoms. The van der Waals surface area contributed by atoms with E-state index < -0.39 is 13.7 Å². The Labute approximate surface area is 218 Å². The van der Waals surface area contributed by atoms with Crippen molar-refractivity contribution >= 4 is 30.0 Å². The molecular formula is C27H47BrO5Si. The molecule has 196 valence electrons. The molecule has 0 aromatic rings. The molecule has 0 aliphatic carbocycles. The first-order valence-electron chi connectivity index (χ1n) is 11.9. The second-order valence-electron chi connectivity index (χ2n) is 9.31. The fourth-order valence-electron chi connectivity index (χ4n) is 2.81. The van der Waals surface area contributed by atoms with Gasteiger partial charge in [-0.3, -0.25) is 4.79 Å². The van der Waals surface area contributed by atoms with Gasteiger partial charge >= 0.3 is 5.97 Å². The van der Waals surface area contributed by atoms with Crippen LogP contribution in [0.5, 0.6) is 0 Å². The third-order valence-electron chi connectivity index (χ3n) is 4.79. The highest BCUT2D eigenvalue weighted by Gasteiger charge is 2.18. The van der Waals surface area contributed by atoms with Crippen LogP contribution in [-0.4, -0.2) is 58.3 Å². The Kier molecular flexibility index (Phi) is 21.8. The van der Waals surface area contributed by atoms with Gasteiger partial charge in [0.2, 0.25) is 0 Å². The quantitative estimate of drug-likeness (QED) is 0.0857. The van der Waals surface area contributed by atoms with Crippen molar-refractivity contribution in [1.29, 1.82) is 0 Å². The van der Waals surface area contributed by atoms with Gasteiger partial charge in [-0.15, -0.1) is 5.54 Å². The van der Waals surface area contributed by atoms with Crippen molar-refractivity contribution in [3.05, 3.63) is 35.4 Å². The summed E-state index contributed by atoms with van der Waals surface area (Å²) in [5.74, 6) is 2.87. The number of allylic oxidation sites excluding steroid dienone is 3. The number of hydrogen-bond acceptors (Lipinski definition) is 5. The average molecular weight is 560 g/mol. The van der Waals surface area contributed by atoms with E-state index >= 15 is 0 Å². The molecule has 0 amide bonds. The number of halogens is 1. The average Bonchev–Trinajstić information content (AvgIpc) is 2.76. The molecule has 0 radical (unpaired) electrons. The summed E-state index contributed by atoms with van der Waals surface area (Å²) in [6.45, 7) is 10.6. The summed E-state index contributed by atoms with van der Waals surface area (Å²) < 4.78 is 15.6. The van der Waals surface area contributed by atoms with Crippen LogP contribution in [0.15, 0.2) is 35.4 Å². The lowest BCUT2D eigenvalue weighted by molar-refractivity contribution is -0.140. The highest BCUT2D eigenvalue weighted by atomic mass is 79.9. The van der Waals surface area contributed by atoms with E-state index in [0.717, 1.165) is 19.3 Å². The summed E-state index contributed by atoms with van der Waals surface area (Å²) in [6, 6.07) is 0. The Balaban J connectivity index is 0. The van der Waals surface area contributed by atoms with E-state index in [2.05, 4.69) is 58.7 Å². The predicted octanol–water partition coefficient (Wildman–Crippen LogP) is 6.58. The number of aliphatic hydroxyl groups is 1. The minimum atomic E-state index is -1.32. The van der Waals surface area contributed by atoms with Gasteiger partial charge in [0.05, 0.1) is 18.8 Å². The van der Waals surface area contributed by atoms with Crippen molar-refractivity contribution in [2.24, 2.45) is 0 Å². The molecule has 34 heavy (non-hydrogen) atoms. The second-order valence-corrected chi connectivity index (χ2v) is 14.6. The van der Waals surface area contributed by atoms with E-state index in [-0.39, 0.29) is 18.2 Å². The topological polar surface area (TPSA) is 65.0 Å². The van der Waals surface area contributed by atoms with Crippen LogP contribution in [0.2, 0.25) is 19.6 Å². The first-order chi connectivity index (χ1) is 16.0. The highest BCUT2D eigenvalue weighted by molar-refractivity contribution is 9.11. The molecule has 0 spiro atoms. The first kappa shape index (κ1) is 35.0. The number of carbonyl (C=O) groups is 1. The van der Waals surface area contributed by atoms with Crippen molar-refractivity contribution in [2.75, 3.05) is 21.3 Å². The summed E-state index contributed by atoms with van der Waals surface area (Å²) in [4.78, 5) is 12.9. The van der Waals surface area contributed by atoms with Gasteiger partial charge in [-0.1, -0.05) is 85.9 Å². The Hall–Kier alpha value is -1.17. The zero-order valence-electron chi connectivity index (χ0n) is 22.5. The molecule has 0 aromatic heterocycles. The fraction of sp³-hybridized carbons (Fsp3) is 0.667. The van der Waals surface area contributed by atoms with E-state index in [4.69, 9.17) is 9.47 Å². The summed E-state index contributed by atoms with van der Waals surface area (Å²) in [7, 11) is 3.38. The van der Waals surface area contributed by atoms with E-state index in [0.29, 0.717) is 12.8 Å². The maximum Gasteiger partial charge on any atom is 0.305 e. The molecule has 3 atom stereocenters. The van der Waals surface area contributed by atoms with Crippen LogP contribution in [0.25, 0.3) is 0 Å². The predicted molar refractivity (Wildman–Crippen MR) is 150 cm³/mol. The van der Waals surface area contributed by atoms with Crippen molar-refractivity contribution in [3.63, 3.8) is 0 Å². The Morgan fingerprint density at radius 2 is 1.79 bits per heavy atom. The van der Waals surface area contributed by atoms with Gasteiger partial charge in [0.25, 0.3) is 0 Å². The van der Waals surface area contributed by atoms with Gasteiger partial charge in [-0.25, -0.2) is 0 Å². The summed E-state index contributed by atoms with van der Waals surface area (Å²) in [5, 5.41) is 9.62. The molecular weight excluding hydrogens is 512 g/mol. The largest absolute Gasteiger partial charge is 0.469 e. The molecule has 1 N–H and O–H groups in total. The Morgan fingerprint density at radius 1 is 1.12 bits per heavy atom. The third kappa shape index (κ3) is 22.6. The van der Waals surface area contributed by atoms with Gasteiger partial charge in [0, 0.05) is 20.6 Å². The zero-order chi connectivity index (χ0) is 26.5. The molecule has 0 saturated carbocycles. The minimum Gasteiger partial charge on any atom is -0.469 e. The number of methoxy groups -OCH3 is 3. The number of esters is 1. The molecule has 7 heteroatoms. The van der Waals surface area contributed by atoms with E-state index in [1.54, 1.807) is 25.3 Å². The van der Waals surface area contributed by atoms with Crippen LogP contribution >= 0.6 is 15.9 Å². The summed E-state index contributed by atoms with van der Waals surface area (Å²) in [6.07, 6.45) is 15.3. The van der Waals surface area contributed by atoms with Crippen LogP contribution in [0.3, 0.4) is 0 Å². The lowest BCUT2D eigenvalue weighted by Gasteiger charge is -2.22. The number of ether oxygens (including phenoxy) is 3. The molecule has 0 fully saturated rings. The van der Waals surface area contributed by atoms with Crippen molar-refractivity contribution < 1.29 is 24.1 Å². The smallest absolute Gasteiger partial charge is 0.305 e. The second kappa shape index (κ2) is 21.1. The van der Waals surface area contributed by atoms with Crippen LogP contribution in [0.1, 0.15) is 58.8 Å². The minimum absolute atomic E-state index is 0.0950. The SMILES string of the molecule is CCCCC[C@@](C)(O)/C=C/Br.COC(=O)CCC[C@H](OC)[C@@H](/C=C/C=C/C#C[Si](C)(C)C)OC. The maximum atomic E-state index is 11.1. The van der Waals surface area contributed by atoms with Crippen molar-refractivity contribution in [1.82, 2.24) is 0 Å². The first-order valence-corrected chi connectivity index (χ1v) is 16.4. The summed E-state index contributed by atoms with van der Waals surface area (Å²) >= 11 is 3.15. The van der Waals surface area contributed by atoms with Crippen LogP contribution in [0, 0.1) is 11.5 Å². The molecule has 0 aromatic carbocycles. The van der Waals surface area contributed by atoms with Gasteiger partial charge in [-0.2, -0.15) is 0 Å². The zero-order valence-corrected chi connectivity index (χ0v) is 25.1. The van der Waals surface area contributed by atoms with Crippen molar-refractivity contribution in [2.45, 2.75) is 96.2 Å². The number of carbonyl (C=O) groups excluding carboxylic acids is 1. The molecule has 0 aliphatic rings. The van der Waals surface area contributed by atoms with Gasteiger partial charge in [-0.05, 0) is 43.3 Å². The molecule has 0 unspecified atom stereocenters.